The summed E-state index contributed by atoms with van der Waals surface area (Å²) in [6.07, 6.45) is 1.39. The highest BCUT2D eigenvalue weighted by atomic mass is 32.2. The summed E-state index contributed by atoms with van der Waals surface area (Å²) >= 11 is 0. The zero-order valence-electron chi connectivity index (χ0n) is 10.1. The third-order valence-corrected chi connectivity index (χ3v) is 4.95. The minimum atomic E-state index is -2.78. The Hall–Kier alpha value is -1.38. The van der Waals surface area contributed by atoms with Crippen LogP contribution in [0.1, 0.15) is 24.0 Å². The molecule has 1 saturated heterocycles. The highest BCUT2D eigenvalue weighted by Gasteiger charge is 2.22. The average molecular weight is 264 g/mol. The number of nitriles is 1. The first kappa shape index (κ1) is 13.1. The maximum absolute atomic E-state index is 11.3. The maximum Gasteiger partial charge on any atom is 0.150 e. The lowest BCUT2D eigenvalue weighted by atomic mass is 10.1. The van der Waals surface area contributed by atoms with Crippen molar-refractivity contribution >= 4 is 9.84 Å². The number of benzene rings is 1. The van der Waals surface area contributed by atoms with Gasteiger partial charge in [-0.25, -0.2) is 8.42 Å². The molecule has 2 rings (SSSR count). The second-order valence-electron chi connectivity index (χ2n) is 4.62. The van der Waals surface area contributed by atoms with Crippen LogP contribution in [0.2, 0.25) is 0 Å². The third kappa shape index (κ3) is 3.56. The second kappa shape index (κ2) is 5.51. The Balaban J connectivity index is 1.83. The van der Waals surface area contributed by atoms with Crippen LogP contribution in [0.4, 0.5) is 0 Å². The molecule has 1 aliphatic heterocycles. The predicted molar refractivity (Wildman–Crippen MR) is 69.7 cm³/mol. The van der Waals surface area contributed by atoms with Crippen LogP contribution >= 0.6 is 0 Å². The first-order chi connectivity index (χ1) is 8.59. The van der Waals surface area contributed by atoms with Gasteiger partial charge < -0.3 is 5.32 Å². The molecule has 1 N–H and O–H groups in total. The summed E-state index contributed by atoms with van der Waals surface area (Å²) in [7, 11) is -2.78. The molecule has 0 radical (unpaired) electrons. The minimum Gasteiger partial charge on any atom is -0.310 e. The molecule has 0 amide bonds. The van der Waals surface area contributed by atoms with Gasteiger partial charge in [-0.2, -0.15) is 5.26 Å². The molecule has 0 aliphatic carbocycles. The molecule has 0 saturated carbocycles. The molecule has 1 aliphatic rings. The van der Waals surface area contributed by atoms with Gasteiger partial charge in [0, 0.05) is 12.6 Å². The van der Waals surface area contributed by atoms with Gasteiger partial charge >= 0.3 is 0 Å². The van der Waals surface area contributed by atoms with E-state index < -0.39 is 9.84 Å². The van der Waals surface area contributed by atoms with Crippen LogP contribution in [0.25, 0.3) is 0 Å². The fourth-order valence-electron chi connectivity index (χ4n) is 2.05. The number of hydrogen-bond acceptors (Lipinski definition) is 4. The van der Waals surface area contributed by atoms with E-state index in [0.29, 0.717) is 18.4 Å². The minimum absolute atomic E-state index is 0.282. The van der Waals surface area contributed by atoms with Gasteiger partial charge in [-0.05, 0) is 30.5 Å². The molecule has 1 aromatic rings. The van der Waals surface area contributed by atoms with E-state index in [-0.39, 0.29) is 17.5 Å². The van der Waals surface area contributed by atoms with E-state index in [1.54, 1.807) is 12.1 Å². The molecule has 4 nitrogen and oxygen atoms in total. The number of sulfone groups is 1. The van der Waals surface area contributed by atoms with Crippen molar-refractivity contribution in [2.24, 2.45) is 0 Å². The van der Waals surface area contributed by atoms with E-state index in [9.17, 15) is 8.42 Å². The quantitative estimate of drug-likeness (QED) is 0.891. The van der Waals surface area contributed by atoms with E-state index >= 15 is 0 Å². The Morgan fingerprint density at radius 1 is 1.22 bits per heavy atom. The number of rotatable bonds is 3. The number of nitrogens with zero attached hydrogens (tertiary/aromatic N) is 1. The molecule has 1 aromatic carbocycles. The number of nitrogens with one attached hydrogen (secondary N) is 1. The highest BCUT2D eigenvalue weighted by Crippen LogP contribution is 2.13. The smallest absolute Gasteiger partial charge is 0.150 e. The number of hydrogen-bond donors (Lipinski definition) is 1. The lowest BCUT2D eigenvalue weighted by Crippen LogP contribution is -2.37. The van der Waals surface area contributed by atoms with Crippen molar-refractivity contribution in [2.45, 2.75) is 25.4 Å². The molecule has 96 valence electrons. The van der Waals surface area contributed by atoms with Crippen LogP contribution in [0.3, 0.4) is 0 Å². The normalized spacial score (nSPS) is 19.3. The van der Waals surface area contributed by atoms with Crippen LogP contribution in [0.15, 0.2) is 24.3 Å². The summed E-state index contributed by atoms with van der Waals surface area (Å²) in [4.78, 5) is 0. The largest absolute Gasteiger partial charge is 0.310 e. The molecule has 5 heteroatoms. The summed E-state index contributed by atoms with van der Waals surface area (Å²) in [5.41, 5.74) is 1.77. The standard InChI is InChI=1S/C13H16N2O2S/c14-9-11-1-3-12(4-2-11)10-15-13-5-7-18(16,17)8-6-13/h1-4,13,15H,5-8,10H2. The van der Waals surface area contributed by atoms with Gasteiger partial charge in [0.1, 0.15) is 9.84 Å². The summed E-state index contributed by atoms with van der Waals surface area (Å²) in [6, 6.07) is 9.79. The fourth-order valence-corrected chi connectivity index (χ4v) is 3.54. The summed E-state index contributed by atoms with van der Waals surface area (Å²) in [5, 5.41) is 12.1. The van der Waals surface area contributed by atoms with Gasteiger partial charge in [-0.15, -0.1) is 0 Å². The summed E-state index contributed by atoms with van der Waals surface area (Å²) < 4.78 is 22.6. The molecule has 1 heterocycles. The summed E-state index contributed by atoms with van der Waals surface area (Å²) in [6.45, 7) is 0.719. The van der Waals surface area contributed by atoms with Crippen molar-refractivity contribution in [1.29, 1.82) is 5.26 Å². The van der Waals surface area contributed by atoms with Gasteiger partial charge in [0.2, 0.25) is 0 Å². The van der Waals surface area contributed by atoms with Gasteiger partial charge in [-0.1, -0.05) is 12.1 Å². The Labute approximate surface area is 108 Å². The van der Waals surface area contributed by atoms with Crippen molar-refractivity contribution in [1.82, 2.24) is 5.32 Å². The van der Waals surface area contributed by atoms with Crippen LogP contribution < -0.4 is 5.32 Å². The second-order valence-corrected chi connectivity index (χ2v) is 6.92. The van der Waals surface area contributed by atoms with E-state index in [4.69, 9.17) is 5.26 Å². The Morgan fingerprint density at radius 3 is 2.39 bits per heavy atom. The maximum atomic E-state index is 11.3. The van der Waals surface area contributed by atoms with Crippen LogP contribution in [0.5, 0.6) is 0 Å². The van der Waals surface area contributed by atoms with Crippen molar-refractivity contribution in [2.75, 3.05) is 11.5 Å². The highest BCUT2D eigenvalue weighted by molar-refractivity contribution is 7.91. The predicted octanol–water partition coefficient (Wildman–Crippen LogP) is 1.23. The summed E-state index contributed by atoms with van der Waals surface area (Å²) in [5.74, 6) is 0.579. The first-order valence-electron chi connectivity index (χ1n) is 6.02. The Morgan fingerprint density at radius 2 is 1.83 bits per heavy atom. The zero-order valence-corrected chi connectivity index (χ0v) is 10.9. The molecule has 0 aromatic heterocycles. The van der Waals surface area contributed by atoms with E-state index in [1.165, 1.54) is 0 Å². The third-order valence-electron chi connectivity index (χ3n) is 3.23. The van der Waals surface area contributed by atoms with Gasteiger partial charge in [0.25, 0.3) is 0 Å². The molecule has 0 spiro atoms. The topological polar surface area (TPSA) is 70.0 Å². The van der Waals surface area contributed by atoms with Crippen LogP contribution in [-0.4, -0.2) is 26.0 Å². The van der Waals surface area contributed by atoms with E-state index in [0.717, 1.165) is 12.1 Å². The van der Waals surface area contributed by atoms with Gasteiger partial charge in [0.05, 0.1) is 23.1 Å². The lowest BCUT2D eigenvalue weighted by Gasteiger charge is -2.23. The van der Waals surface area contributed by atoms with Crippen LogP contribution in [-0.2, 0) is 16.4 Å². The first-order valence-corrected chi connectivity index (χ1v) is 7.84. The van der Waals surface area contributed by atoms with Crippen molar-refractivity contribution in [3.8, 4) is 6.07 Å². The van der Waals surface area contributed by atoms with Crippen molar-refractivity contribution in [3.05, 3.63) is 35.4 Å². The van der Waals surface area contributed by atoms with Crippen molar-refractivity contribution in [3.63, 3.8) is 0 Å². The Bertz CT molecular complexity index is 529. The van der Waals surface area contributed by atoms with Crippen LogP contribution in [0, 0.1) is 11.3 Å². The van der Waals surface area contributed by atoms with E-state index in [1.807, 2.05) is 12.1 Å². The Kier molecular flexibility index (Phi) is 4.00. The molecule has 0 atom stereocenters. The molecular weight excluding hydrogens is 248 g/mol. The van der Waals surface area contributed by atoms with Gasteiger partial charge in [0.15, 0.2) is 0 Å². The molecule has 18 heavy (non-hydrogen) atoms. The molecule has 1 fully saturated rings. The monoisotopic (exact) mass is 264 g/mol. The fraction of sp³-hybridized carbons (Fsp3) is 0.462. The van der Waals surface area contributed by atoms with Gasteiger partial charge in [-0.3, -0.25) is 0 Å². The zero-order chi connectivity index (χ0) is 13.0. The average Bonchev–Trinajstić information content (AvgIpc) is 2.38. The lowest BCUT2D eigenvalue weighted by molar-refractivity contribution is 0.463. The molecule has 0 unspecified atom stereocenters. The molecule has 0 bridgehead atoms. The van der Waals surface area contributed by atoms with E-state index in [2.05, 4.69) is 11.4 Å². The SMILES string of the molecule is N#Cc1ccc(CNC2CCS(=O)(=O)CC2)cc1. The molecular formula is C13H16N2O2S. The van der Waals surface area contributed by atoms with Crippen molar-refractivity contribution < 1.29 is 8.42 Å².